The van der Waals surface area contributed by atoms with Crippen molar-refractivity contribution in [2.75, 3.05) is 0 Å². The summed E-state index contributed by atoms with van der Waals surface area (Å²) in [6.07, 6.45) is 0. The third-order valence-corrected chi connectivity index (χ3v) is 3.37. The van der Waals surface area contributed by atoms with Crippen LogP contribution in [0.2, 0.25) is 0 Å². The molecular weight excluding hydrogens is 280 g/mol. The molecule has 0 radical (unpaired) electrons. The maximum absolute atomic E-state index is 11.0. The molecule has 0 bridgehead atoms. The molecule has 5 heteroatoms. The standard InChI is InChI=1S/C17H10N2O3/c18-9-11-8-14(12-3-1-2-4-15(12)19-11)10-5-6-13(17(21)22)16(20)7-10/h1-8,20H,(H,21,22). The number of benzene rings is 2. The number of hydrogen-bond acceptors (Lipinski definition) is 4. The van der Waals surface area contributed by atoms with Crippen LogP contribution in [0.3, 0.4) is 0 Å². The number of fused-ring (bicyclic) bond motifs is 1. The van der Waals surface area contributed by atoms with Gasteiger partial charge in [-0.2, -0.15) is 5.26 Å². The molecule has 3 rings (SSSR count). The van der Waals surface area contributed by atoms with Crippen LogP contribution in [0.15, 0.2) is 48.5 Å². The average Bonchev–Trinajstić information content (AvgIpc) is 2.53. The van der Waals surface area contributed by atoms with Gasteiger partial charge in [-0.15, -0.1) is 0 Å². The summed E-state index contributed by atoms with van der Waals surface area (Å²) < 4.78 is 0. The van der Waals surface area contributed by atoms with Crippen molar-refractivity contribution >= 4 is 16.9 Å². The van der Waals surface area contributed by atoms with E-state index in [1.54, 1.807) is 18.2 Å². The monoisotopic (exact) mass is 290 g/mol. The van der Waals surface area contributed by atoms with E-state index in [0.29, 0.717) is 11.1 Å². The van der Waals surface area contributed by atoms with Gasteiger partial charge in [0.25, 0.3) is 0 Å². The van der Waals surface area contributed by atoms with E-state index < -0.39 is 5.97 Å². The number of rotatable bonds is 2. The predicted molar refractivity (Wildman–Crippen MR) is 80.5 cm³/mol. The summed E-state index contributed by atoms with van der Waals surface area (Å²) >= 11 is 0. The van der Waals surface area contributed by atoms with Crippen molar-refractivity contribution in [3.63, 3.8) is 0 Å². The lowest BCUT2D eigenvalue weighted by atomic mass is 9.98. The van der Waals surface area contributed by atoms with Gasteiger partial charge in [0.1, 0.15) is 23.1 Å². The second-order valence-corrected chi connectivity index (χ2v) is 4.72. The first-order chi connectivity index (χ1) is 10.6. The van der Waals surface area contributed by atoms with E-state index in [2.05, 4.69) is 4.98 Å². The molecule has 5 nitrogen and oxygen atoms in total. The van der Waals surface area contributed by atoms with Crippen molar-refractivity contribution in [2.24, 2.45) is 0 Å². The number of carbonyl (C=O) groups is 1. The van der Waals surface area contributed by atoms with Gasteiger partial charge in [-0.05, 0) is 35.4 Å². The molecule has 0 fully saturated rings. The van der Waals surface area contributed by atoms with Gasteiger partial charge < -0.3 is 10.2 Å². The highest BCUT2D eigenvalue weighted by molar-refractivity contribution is 5.97. The van der Waals surface area contributed by atoms with Gasteiger partial charge in [0.05, 0.1) is 5.52 Å². The van der Waals surface area contributed by atoms with E-state index in [1.807, 2.05) is 24.3 Å². The molecule has 0 atom stereocenters. The second kappa shape index (κ2) is 5.19. The summed E-state index contributed by atoms with van der Waals surface area (Å²) in [4.78, 5) is 15.2. The molecule has 1 heterocycles. The summed E-state index contributed by atoms with van der Waals surface area (Å²) in [5.74, 6) is -1.51. The van der Waals surface area contributed by atoms with Crippen molar-refractivity contribution in [3.05, 3.63) is 59.8 Å². The number of carboxylic acids is 1. The third kappa shape index (κ3) is 2.23. The number of pyridine rings is 1. The van der Waals surface area contributed by atoms with Crippen LogP contribution in [0.25, 0.3) is 22.0 Å². The van der Waals surface area contributed by atoms with Crippen molar-refractivity contribution in [2.45, 2.75) is 0 Å². The number of nitriles is 1. The molecule has 0 aliphatic carbocycles. The minimum atomic E-state index is -1.19. The Kier molecular flexibility index (Phi) is 3.20. The predicted octanol–water partition coefficient (Wildman–Crippen LogP) is 3.18. The van der Waals surface area contributed by atoms with Gasteiger partial charge in [0.15, 0.2) is 0 Å². The van der Waals surface area contributed by atoms with Gasteiger partial charge in [-0.3, -0.25) is 0 Å². The highest BCUT2D eigenvalue weighted by Gasteiger charge is 2.13. The lowest BCUT2D eigenvalue weighted by Crippen LogP contribution is -1.97. The molecule has 2 N–H and O–H groups in total. The van der Waals surface area contributed by atoms with E-state index in [1.165, 1.54) is 12.1 Å². The Labute approximate surface area is 125 Å². The quantitative estimate of drug-likeness (QED) is 0.756. The van der Waals surface area contributed by atoms with Crippen molar-refractivity contribution < 1.29 is 15.0 Å². The summed E-state index contributed by atoms with van der Waals surface area (Å²) in [5.41, 5.74) is 2.10. The minimum absolute atomic E-state index is 0.164. The van der Waals surface area contributed by atoms with Gasteiger partial charge >= 0.3 is 5.97 Å². The largest absolute Gasteiger partial charge is 0.507 e. The first-order valence-electron chi connectivity index (χ1n) is 6.46. The number of aromatic nitrogens is 1. The molecular formula is C17H10N2O3. The van der Waals surface area contributed by atoms with Gasteiger partial charge in [-0.25, -0.2) is 9.78 Å². The van der Waals surface area contributed by atoms with E-state index >= 15 is 0 Å². The molecule has 0 spiro atoms. The van der Waals surface area contributed by atoms with Crippen LogP contribution >= 0.6 is 0 Å². The first-order valence-corrected chi connectivity index (χ1v) is 6.46. The molecule has 0 unspecified atom stereocenters. The summed E-state index contributed by atoms with van der Waals surface area (Å²) in [6, 6.07) is 15.3. The van der Waals surface area contributed by atoms with Crippen LogP contribution in [-0.4, -0.2) is 21.2 Å². The second-order valence-electron chi connectivity index (χ2n) is 4.72. The van der Waals surface area contributed by atoms with E-state index in [0.717, 1.165) is 10.9 Å². The SMILES string of the molecule is N#Cc1cc(-c2ccc(C(=O)O)c(O)c2)c2ccccc2n1. The highest BCUT2D eigenvalue weighted by Crippen LogP contribution is 2.32. The minimum Gasteiger partial charge on any atom is -0.507 e. The van der Waals surface area contributed by atoms with Crippen molar-refractivity contribution in [3.8, 4) is 22.9 Å². The first kappa shape index (κ1) is 13.6. The van der Waals surface area contributed by atoms with Crippen LogP contribution in [0.4, 0.5) is 0 Å². The fourth-order valence-corrected chi connectivity index (χ4v) is 2.35. The zero-order valence-corrected chi connectivity index (χ0v) is 11.3. The smallest absolute Gasteiger partial charge is 0.339 e. The molecule has 1 aromatic heterocycles. The third-order valence-electron chi connectivity index (χ3n) is 3.37. The van der Waals surface area contributed by atoms with Gasteiger partial charge in [0.2, 0.25) is 0 Å². The van der Waals surface area contributed by atoms with Crippen LogP contribution in [-0.2, 0) is 0 Å². The number of para-hydroxylation sites is 1. The Morgan fingerprint density at radius 3 is 2.59 bits per heavy atom. The van der Waals surface area contributed by atoms with E-state index in [9.17, 15) is 9.90 Å². The maximum Gasteiger partial charge on any atom is 0.339 e. The lowest BCUT2D eigenvalue weighted by Gasteiger charge is -2.09. The summed E-state index contributed by atoms with van der Waals surface area (Å²) in [7, 11) is 0. The van der Waals surface area contributed by atoms with Crippen LogP contribution in [0.1, 0.15) is 16.1 Å². The molecule has 0 amide bonds. The fraction of sp³-hybridized carbons (Fsp3) is 0. The Morgan fingerprint density at radius 2 is 1.91 bits per heavy atom. The lowest BCUT2D eigenvalue weighted by molar-refractivity contribution is 0.0694. The Morgan fingerprint density at radius 1 is 1.14 bits per heavy atom. The number of nitrogens with zero attached hydrogens (tertiary/aromatic N) is 2. The van der Waals surface area contributed by atoms with Crippen molar-refractivity contribution in [1.29, 1.82) is 5.26 Å². The molecule has 0 saturated heterocycles. The fourth-order valence-electron chi connectivity index (χ4n) is 2.35. The van der Waals surface area contributed by atoms with Crippen molar-refractivity contribution in [1.82, 2.24) is 4.98 Å². The number of aromatic carboxylic acids is 1. The Balaban J connectivity index is 2.28. The number of phenols is 1. The molecule has 2 aromatic carbocycles. The maximum atomic E-state index is 11.0. The Hall–Kier alpha value is -3.39. The zero-order valence-electron chi connectivity index (χ0n) is 11.3. The molecule has 106 valence electrons. The van der Waals surface area contributed by atoms with E-state index in [4.69, 9.17) is 10.4 Å². The molecule has 0 aliphatic rings. The number of aromatic hydroxyl groups is 1. The number of carboxylic acid groups (broad SMARTS) is 1. The number of hydrogen-bond donors (Lipinski definition) is 2. The highest BCUT2D eigenvalue weighted by atomic mass is 16.4. The van der Waals surface area contributed by atoms with Crippen LogP contribution < -0.4 is 0 Å². The molecule has 3 aromatic rings. The molecule has 0 aliphatic heterocycles. The summed E-state index contributed by atoms with van der Waals surface area (Å²) in [6.45, 7) is 0. The zero-order chi connectivity index (χ0) is 15.7. The summed E-state index contributed by atoms with van der Waals surface area (Å²) in [5, 5.41) is 28.8. The molecule has 0 saturated carbocycles. The van der Waals surface area contributed by atoms with Gasteiger partial charge in [-0.1, -0.05) is 24.3 Å². The van der Waals surface area contributed by atoms with Crippen LogP contribution in [0, 0.1) is 11.3 Å². The molecule has 22 heavy (non-hydrogen) atoms. The topological polar surface area (TPSA) is 94.2 Å². The van der Waals surface area contributed by atoms with E-state index in [-0.39, 0.29) is 17.0 Å². The average molecular weight is 290 g/mol. The Bertz CT molecular complexity index is 942. The van der Waals surface area contributed by atoms with Crippen LogP contribution in [0.5, 0.6) is 5.75 Å². The van der Waals surface area contributed by atoms with Gasteiger partial charge in [0, 0.05) is 5.39 Å². The normalized spacial score (nSPS) is 10.3.